The SMILES string of the molecule is O=C(c1ccc(F)c(F)c1)N1CCN(C(=O)c2ccc3c(c2)CCC3)CC1. The number of nitrogens with zero attached hydrogens (tertiary/aromatic N) is 2. The standard InChI is InChI=1S/C21H20F2N2O2/c22-18-7-6-17(13-19(18)23)21(27)25-10-8-24(9-11-25)20(26)16-5-4-14-2-1-3-15(14)12-16/h4-7,12-13H,1-3,8-11H2. The number of halogens is 2. The molecule has 2 aromatic rings. The minimum Gasteiger partial charge on any atom is -0.335 e. The van der Waals surface area contributed by atoms with Crippen LogP contribution >= 0.6 is 0 Å². The van der Waals surface area contributed by atoms with E-state index < -0.39 is 11.6 Å². The molecule has 1 aliphatic heterocycles. The van der Waals surface area contributed by atoms with Crippen LogP contribution in [0.3, 0.4) is 0 Å². The Balaban J connectivity index is 1.40. The van der Waals surface area contributed by atoms with Gasteiger partial charge in [0.05, 0.1) is 0 Å². The molecule has 2 aromatic carbocycles. The molecule has 0 radical (unpaired) electrons. The van der Waals surface area contributed by atoms with Crippen LogP contribution in [0.2, 0.25) is 0 Å². The van der Waals surface area contributed by atoms with E-state index in [-0.39, 0.29) is 17.4 Å². The molecule has 0 N–H and O–H groups in total. The summed E-state index contributed by atoms with van der Waals surface area (Å²) in [6, 6.07) is 9.06. The quantitative estimate of drug-likeness (QED) is 0.815. The van der Waals surface area contributed by atoms with Crippen LogP contribution < -0.4 is 0 Å². The van der Waals surface area contributed by atoms with Gasteiger partial charge in [0.25, 0.3) is 11.8 Å². The van der Waals surface area contributed by atoms with Crippen molar-refractivity contribution in [3.63, 3.8) is 0 Å². The number of fused-ring (bicyclic) bond motifs is 1. The fourth-order valence-corrected chi connectivity index (χ4v) is 3.81. The van der Waals surface area contributed by atoms with Crippen LogP contribution in [0.15, 0.2) is 36.4 Å². The Morgan fingerprint density at radius 3 is 1.89 bits per heavy atom. The van der Waals surface area contributed by atoms with Crippen LogP contribution in [0.25, 0.3) is 0 Å². The summed E-state index contributed by atoms with van der Waals surface area (Å²) in [4.78, 5) is 28.5. The largest absolute Gasteiger partial charge is 0.335 e. The van der Waals surface area contributed by atoms with Crippen molar-refractivity contribution in [2.75, 3.05) is 26.2 Å². The molecule has 27 heavy (non-hydrogen) atoms. The molecule has 1 aliphatic carbocycles. The average molecular weight is 370 g/mol. The number of rotatable bonds is 2. The first-order chi connectivity index (χ1) is 13.0. The minimum atomic E-state index is -1.04. The van der Waals surface area contributed by atoms with Gasteiger partial charge in [-0.05, 0) is 60.7 Å². The lowest BCUT2D eigenvalue weighted by atomic mass is 10.1. The predicted octanol–water partition coefficient (Wildman–Crippen LogP) is 3.05. The van der Waals surface area contributed by atoms with Crippen LogP contribution in [0.5, 0.6) is 0 Å². The van der Waals surface area contributed by atoms with Crippen LogP contribution in [0, 0.1) is 11.6 Å². The Hall–Kier alpha value is -2.76. The van der Waals surface area contributed by atoms with E-state index >= 15 is 0 Å². The Kier molecular flexibility index (Phi) is 4.64. The molecule has 0 spiro atoms. The van der Waals surface area contributed by atoms with Gasteiger partial charge in [0.1, 0.15) is 0 Å². The third kappa shape index (κ3) is 3.44. The molecule has 0 atom stereocenters. The number of hydrogen-bond acceptors (Lipinski definition) is 2. The second-order valence-electron chi connectivity index (χ2n) is 7.05. The first-order valence-electron chi connectivity index (χ1n) is 9.18. The van der Waals surface area contributed by atoms with Crippen LogP contribution in [-0.2, 0) is 12.8 Å². The number of benzene rings is 2. The number of amides is 2. The highest BCUT2D eigenvalue weighted by Gasteiger charge is 2.26. The van der Waals surface area contributed by atoms with Gasteiger partial charge < -0.3 is 9.80 Å². The maximum Gasteiger partial charge on any atom is 0.254 e. The highest BCUT2D eigenvalue weighted by atomic mass is 19.2. The molecule has 140 valence electrons. The number of piperazine rings is 1. The summed E-state index contributed by atoms with van der Waals surface area (Å²) in [5.74, 6) is -2.38. The molecule has 2 amide bonds. The van der Waals surface area contributed by atoms with Crippen molar-refractivity contribution in [3.05, 3.63) is 70.3 Å². The van der Waals surface area contributed by atoms with Gasteiger partial charge in [-0.2, -0.15) is 0 Å². The molecular weight excluding hydrogens is 350 g/mol. The Morgan fingerprint density at radius 2 is 1.26 bits per heavy atom. The zero-order chi connectivity index (χ0) is 19.0. The number of carbonyl (C=O) groups is 2. The molecule has 1 heterocycles. The van der Waals surface area contributed by atoms with Gasteiger partial charge in [0.15, 0.2) is 11.6 Å². The molecule has 4 nitrogen and oxygen atoms in total. The number of aryl methyl sites for hydroxylation is 2. The summed E-state index contributed by atoms with van der Waals surface area (Å²) < 4.78 is 26.4. The van der Waals surface area contributed by atoms with Crippen LogP contribution in [0.1, 0.15) is 38.3 Å². The Morgan fingerprint density at radius 1 is 0.704 bits per heavy atom. The van der Waals surface area contributed by atoms with E-state index in [1.807, 2.05) is 18.2 Å². The van der Waals surface area contributed by atoms with Crippen LogP contribution in [-0.4, -0.2) is 47.8 Å². The van der Waals surface area contributed by atoms with Gasteiger partial charge in [-0.15, -0.1) is 0 Å². The van der Waals surface area contributed by atoms with E-state index in [0.717, 1.165) is 31.4 Å². The second-order valence-corrected chi connectivity index (χ2v) is 7.05. The highest BCUT2D eigenvalue weighted by molar-refractivity contribution is 5.96. The summed E-state index contributed by atoms with van der Waals surface area (Å²) in [7, 11) is 0. The van der Waals surface area contributed by atoms with Gasteiger partial charge in [0.2, 0.25) is 0 Å². The van der Waals surface area contributed by atoms with Crippen molar-refractivity contribution in [1.82, 2.24) is 9.80 Å². The topological polar surface area (TPSA) is 40.6 Å². The maximum atomic E-state index is 13.4. The smallest absolute Gasteiger partial charge is 0.254 e. The molecule has 0 unspecified atom stereocenters. The van der Waals surface area contributed by atoms with E-state index in [4.69, 9.17) is 0 Å². The maximum absolute atomic E-state index is 13.4. The van der Waals surface area contributed by atoms with Crippen molar-refractivity contribution >= 4 is 11.8 Å². The van der Waals surface area contributed by atoms with E-state index in [2.05, 4.69) is 0 Å². The lowest BCUT2D eigenvalue weighted by Gasteiger charge is -2.35. The fraction of sp³-hybridized carbons (Fsp3) is 0.333. The lowest BCUT2D eigenvalue weighted by Crippen LogP contribution is -2.50. The fourth-order valence-electron chi connectivity index (χ4n) is 3.81. The third-order valence-corrected chi connectivity index (χ3v) is 5.37. The molecule has 6 heteroatoms. The minimum absolute atomic E-state index is 0.0235. The van der Waals surface area contributed by atoms with Crippen molar-refractivity contribution < 1.29 is 18.4 Å². The summed E-state index contributed by atoms with van der Waals surface area (Å²) in [6.07, 6.45) is 3.24. The van der Waals surface area contributed by atoms with Crippen molar-refractivity contribution in [2.24, 2.45) is 0 Å². The molecule has 1 saturated heterocycles. The molecule has 0 aromatic heterocycles. The van der Waals surface area contributed by atoms with E-state index in [9.17, 15) is 18.4 Å². The molecular formula is C21H20F2N2O2. The van der Waals surface area contributed by atoms with Crippen LogP contribution in [0.4, 0.5) is 8.78 Å². The predicted molar refractivity (Wildman–Crippen MR) is 96.6 cm³/mol. The van der Waals surface area contributed by atoms with Crippen molar-refractivity contribution in [1.29, 1.82) is 0 Å². The second kappa shape index (κ2) is 7.10. The highest BCUT2D eigenvalue weighted by Crippen LogP contribution is 2.23. The zero-order valence-electron chi connectivity index (χ0n) is 14.9. The first-order valence-corrected chi connectivity index (χ1v) is 9.18. The number of carbonyl (C=O) groups excluding carboxylic acids is 2. The Bertz CT molecular complexity index is 905. The zero-order valence-corrected chi connectivity index (χ0v) is 14.9. The van der Waals surface area contributed by atoms with Crippen molar-refractivity contribution in [2.45, 2.75) is 19.3 Å². The lowest BCUT2D eigenvalue weighted by molar-refractivity contribution is 0.0535. The monoisotopic (exact) mass is 370 g/mol. The van der Waals surface area contributed by atoms with Gasteiger partial charge >= 0.3 is 0 Å². The van der Waals surface area contributed by atoms with Gasteiger partial charge in [-0.25, -0.2) is 8.78 Å². The van der Waals surface area contributed by atoms with Crippen molar-refractivity contribution in [3.8, 4) is 0 Å². The molecule has 2 aliphatic rings. The van der Waals surface area contributed by atoms with E-state index in [0.29, 0.717) is 31.7 Å². The number of hydrogen-bond donors (Lipinski definition) is 0. The van der Waals surface area contributed by atoms with Gasteiger partial charge in [-0.1, -0.05) is 6.07 Å². The van der Waals surface area contributed by atoms with Gasteiger partial charge in [-0.3, -0.25) is 9.59 Å². The first kappa shape index (κ1) is 17.6. The Labute approximate surface area is 156 Å². The molecule has 0 bridgehead atoms. The summed E-state index contributed by atoms with van der Waals surface area (Å²) >= 11 is 0. The molecule has 1 fully saturated rings. The normalized spacial score (nSPS) is 16.4. The van der Waals surface area contributed by atoms with E-state index in [1.54, 1.807) is 9.80 Å². The van der Waals surface area contributed by atoms with Gasteiger partial charge in [0, 0.05) is 37.3 Å². The summed E-state index contributed by atoms with van der Waals surface area (Å²) in [5.41, 5.74) is 3.39. The summed E-state index contributed by atoms with van der Waals surface area (Å²) in [6.45, 7) is 1.58. The van der Waals surface area contributed by atoms with E-state index in [1.165, 1.54) is 17.2 Å². The molecule has 4 rings (SSSR count). The summed E-state index contributed by atoms with van der Waals surface area (Å²) in [5, 5.41) is 0. The average Bonchev–Trinajstić information content (AvgIpc) is 3.17. The third-order valence-electron chi connectivity index (χ3n) is 5.37. The molecule has 0 saturated carbocycles.